The van der Waals surface area contributed by atoms with Gasteiger partial charge in [-0.3, -0.25) is 19.8 Å². The molecule has 0 unspecified atom stereocenters. The first-order valence-electron chi connectivity index (χ1n) is 6.36. The first-order valence-corrected chi connectivity index (χ1v) is 6.36. The van der Waals surface area contributed by atoms with Crippen LogP contribution in [-0.2, 0) is 16.1 Å². The van der Waals surface area contributed by atoms with Gasteiger partial charge in [-0.15, -0.1) is 0 Å². The number of imide groups is 1. The fourth-order valence-electron chi connectivity index (χ4n) is 2.92. The van der Waals surface area contributed by atoms with E-state index in [2.05, 4.69) is 10.2 Å². The number of likely N-dealkylation sites (tertiary alicyclic amines) is 1. The van der Waals surface area contributed by atoms with E-state index in [1.165, 1.54) is 6.07 Å². The van der Waals surface area contributed by atoms with Crippen LogP contribution in [0.15, 0.2) is 18.2 Å². The average Bonchev–Trinajstić information content (AvgIpc) is 2.87. The highest BCUT2D eigenvalue weighted by Gasteiger charge is 2.47. The van der Waals surface area contributed by atoms with Gasteiger partial charge in [-0.2, -0.15) is 0 Å². The number of hydrogen-bond donors (Lipinski definition) is 1. The maximum atomic E-state index is 13.2. The Labute approximate surface area is 110 Å². The van der Waals surface area contributed by atoms with Crippen molar-refractivity contribution < 1.29 is 14.0 Å². The molecule has 100 valence electrons. The van der Waals surface area contributed by atoms with Gasteiger partial charge in [0, 0.05) is 19.6 Å². The van der Waals surface area contributed by atoms with Gasteiger partial charge in [0.25, 0.3) is 0 Å². The van der Waals surface area contributed by atoms with E-state index >= 15 is 0 Å². The number of rotatable bonds is 2. The number of amides is 2. The Hall–Kier alpha value is -1.75. The molecule has 2 aliphatic rings. The molecule has 2 amide bonds. The van der Waals surface area contributed by atoms with Crippen molar-refractivity contribution in [3.63, 3.8) is 0 Å². The zero-order valence-corrected chi connectivity index (χ0v) is 10.6. The largest absolute Gasteiger partial charge is 0.297 e. The molecular formula is C14H15FN2O2. The first-order chi connectivity index (χ1) is 9.04. The topological polar surface area (TPSA) is 49.4 Å². The fraction of sp³-hybridized carbons (Fsp3) is 0.429. The summed E-state index contributed by atoms with van der Waals surface area (Å²) in [5.41, 5.74) is 1.62. The third-order valence-electron chi connectivity index (χ3n) is 3.94. The number of benzene rings is 1. The number of halogens is 1. The van der Waals surface area contributed by atoms with Gasteiger partial charge in [0.1, 0.15) is 5.82 Å². The molecule has 3 rings (SSSR count). The third-order valence-corrected chi connectivity index (χ3v) is 3.94. The standard InChI is InChI=1S/C14H15FN2O2/c1-8-4-9(2-3-12(8)15)5-17-6-10-11(7-17)14(19)16-13(10)18/h2-4,10-11H,5-7H2,1H3,(H,16,18,19)/t10-,11+. The minimum absolute atomic E-state index is 0.159. The molecule has 0 aliphatic carbocycles. The van der Waals surface area contributed by atoms with Crippen LogP contribution >= 0.6 is 0 Å². The Bertz CT molecular complexity index is 536. The molecule has 19 heavy (non-hydrogen) atoms. The van der Waals surface area contributed by atoms with Crippen molar-refractivity contribution in [2.45, 2.75) is 13.5 Å². The van der Waals surface area contributed by atoms with Crippen molar-refractivity contribution in [1.29, 1.82) is 0 Å². The van der Waals surface area contributed by atoms with Gasteiger partial charge in [0.15, 0.2) is 0 Å². The van der Waals surface area contributed by atoms with Crippen LogP contribution in [0.5, 0.6) is 0 Å². The van der Waals surface area contributed by atoms with Crippen LogP contribution in [0.4, 0.5) is 4.39 Å². The molecule has 4 nitrogen and oxygen atoms in total. The molecule has 2 saturated heterocycles. The van der Waals surface area contributed by atoms with Crippen molar-refractivity contribution in [3.05, 3.63) is 35.1 Å². The molecule has 0 aromatic heterocycles. The summed E-state index contributed by atoms with van der Waals surface area (Å²) in [5.74, 6) is -0.958. The normalized spacial score (nSPS) is 26.6. The van der Waals surface area contributed by atoms with Gasteiger partial charge >= 0.3 is 0 Å². The van der Waals surface area contributed by atoms with Gasteiger partial charge in [-0.05, 0) is 24.1 Å². The second-order valence-electron chi connectivity index (χ2n) is 5.34. The zero-order chi connectivity index (χ0) is 13.6. The van der Waals surface area contributed by atoms with Crippen molar-refractivity contribution >= 4 is 11.8 Å². The van der Waals surface area contributed by atoms with Crippen LogP contribution in [-0.4, -0.2) is 29.8 Å². The van der Waals surface area contributed by atoms with Gasteiger partial charge in [-0.1, -0.05) is 12.1 Å². The summed E-state index contributed by atoms with van der Waals surface area (Å²) < 4.78 is 13.2. The second-order valence-corrected chi connectivity index (χ2v) is 5.34. The highest BCUT2D eigenvalue weighted by Crippen LogP contribution is 2.29. The lowest BCUT2D eigenvalue weighted by Gasteiger charge is -2.16. The van der Waals surface area contributed by atoms with Crippen molar-refractivity contribution in [1.82, 2.24) is 10.2 Å². The Morgan fingerprint density at radius 2 is 1.89 bits per heavy atom. The summed E-state index contributed by atoms with van der Waals surface area (Å²) in [4.78, 5) is 25.2. The SMILES string of the molecule is Cc1cc(CN2C[C@@H]3C(=O)NC(=O)[C@@H]3C2)ccc1F. The molecule has 1 aromatic rings. The summed E-state index contributed by atoms with van der Waals surface area (Å²) in [6.07, 6.45) is 0. The highest BCUT2D eigenvalue weighted by atomic mass is 19.1. The van der Waals surface area contributed by atoms with E-state index < -0.39 is 0 Å². The average molecular weight is 262 g/mol. The number of carbonyl (C=O) groups excluding carboxylic acids is 2. The predicted molar refractivity (Wildman–Crippen MR) is 66.5 cm³/mol. The smallest absolute Gasteiger partial charge is 0.231 e. The summed E-state index contributed by atoms with van der Waals surface area (Å²) in [5, 5.41) is 2.37. The van der Waals surface area contributed by atoms with Crippen LogP contribution in [0.1, 0.15) is 11.1 Å². The van der Waals surface area contributed by atoms with E-state index in [-0.39, 0.29) is 29.5 Å². The van der Waals surface area contributed by atoms with E-state index in [0.717, 1.165) is 5.56 Å². The van der Waals surface area contributed by atoms with Crippen molar-refractivity contribution in [2.75, 3.05) is 13.1 Å². The van der Waals surface area contributed by atoms with E-state index in [1.807, 2.05) is 6.07 Å². The lowest BCUT2D eigenvalue weighted by Crippen LogP contribution is -2.31. The maximum absolute atomic E-state index is 13.2. The maximum Gasteiger partial charge on any atom is 0.231 e. The first kappa shape index (κ1) is 12.3. The molecule has 0 spiro atoms. The number of nitrogens with one attached hydrogen (secondary N) is 1. The molecule has 2 atom stereocenters. The molecule has 1 N–H and O–H groups in total. The summed E-state index contributed by atoms with van der Waals surface area (Å²) in [7, 11) is 0. The number of fused-ring (bicyclic) bond motifs is 1. The number of carbonyl (C=O) groups is 2. The Morgan fingerprint density at radius 3 is 2.47 bits per heavy atom. The lowest BCUT2D eigenvalue weighted by molar-refractivity contribution is -0.126. The van der Waals surface area contributed by atoms with Crippen molar-refractivity contribution in [2.24, 2.45) is 11.8 Å². The lowest BCUT2D eigenvalue weighted by atomic mass is 10.00. The van der Waals surface area contributed by atoms with Crippen LogP contribution in [0.25, 0.3) is 0 Å². The molecule has 0 radical (unpaired) electrons. The molecule has 1 aromatic carbocycles. The minimum atomic E-state index is -0.214. The molecule has 2 heterocycles. The number of aryl methyl sites for hydroxylation is 1. The second kappa shape index (κ2) is 4.42. The molecule has 0 bridgehead atoms. The quantitative estimate of drug-likeness (QED) is 0.803. The molecule has 2 fully saturated rings. The van der Waals surface area contributed by atoms with Crippen LogP contribution in [0.3, 0.4) is 0 Å². The Balaban J connectivity index is 1.71. The van der Waals surface area contributed by atoms with Gasteiger partial charge < -0.3 is 0 Å². The van der Waals surface area contributed by atoms with Gasteiger partial charge in [-0.25, -0.2) is 4.39 Å². The Kier molecular flexibility index (Phi) is 2.86. The van der Waals surface area contributed by atoms with Gasteiger partial charge in [0.2, 0.25) is 11.8 Å². The van der Waals surface area contributed by atoms with Gasteiger partial charge in [0.05, 0.1) is 11.8 Å². The highest BCUT2D eigenvalue weighted by molar-refractivity contribution is 6.05. The third kappa shape index (κ3) is 2.14. The van der Waals surface area contributed by atoms with E-state index in [0.29, 0.717) is 25.2 Å². The predicted octanol–water partition coefficient (Wildman–Crippen LogP) is 0.839. The monoisotopic (exact) mass is 262 g/mol. The summed E-state index contributed by atoms with van der Waals surface area (Å²) in [6, 6.07) is 5.02. The van der Waals surface area contributed by atoms with E-state index in [9.17, 15) is 14.0 Å². The Morgan fingerprint density at radius 1 is 1.26 bits per heavy atom. The van der Waals surface area contributed by atoms with Crippen molar-refractivity contribution in [3.8, 4) is 0 Å². The van der Waals surface area contributed by atoms with Crippen LogP contribution < -0.4 is 5.32 Å². The zero-order valence-electron chi connectivity index (χ0n) is 10.6. The molecule has 2 aliphatic heterocycles. The number of nitrogens with zero attached hydrogens (tertiary/aromatic N) is 1. The minimum Gasteiger partial charge on any atom is -0.297 e. The van der Waals surface area contributed by atoms with Crippen LogP contribution in [0.2, 0.25) is 0 Å². The number of hydrogen-bond acceptors (Lipinski definition) is 3. The summed E-state index contributed by atoms with van der Waals surface area (Å²) >= 11 is 0. The molecule has 0 saturated carbocycles. The van der Waals surface area contributed by atoms with E-state index in [1.54, 1.807) is 13.0 Å². The summed E-state index contributed by atoms with van der Waals surface area (Å²) in [6.45, 7) is 3.57. The fourth-order valence-corrected chi connectivity index (χ4v) is 2.92. The van der Waals surface area contributed by atoms with Crippen LogP contribution in [0, 0.1) is 24.6 Å². The molecular weight excluding hydrogens is 247 g/mol. The van der Waals surface area contributed by atoms with E-state index in [4.69, 9.17) is 0 Å². The molecule has 5 heteroatoms.